The van der Waals surface area contributed by atoms with Crippen molar-refractivity contribution in [2.24, 2.45) is 0 Å². The topological polar surface area (TPSA) is 52.0 Å². The van der Waals surface area contributed by atoms with Crippen LogP contribution in [0.1, 0.15) is 25.7 Å². The number of methoxy groups -OCH3 is 1. The van der Waals surface area contributed by atoms with Crippen LogP contribution in [0.15, 0.2) is 30.9 Å². The highest BCUT2D eigenvalue weighted by Crippen LogP contribution is 2.31. The number of hydrogen-bond donors (Lipinski definition) is 1. The number of rotatable bonds is 4. The van der Waals surface area contributed by atoms with Crippen molar-refractivity contribution in [3.8, 4) is 5.69 Å². The third-order valence-corrected chi connectivity index (χ3v) is 4.26. The van der Waals surface area contributed by atoms with Crippen LogP contribution >= 0.6 is 11.6 Å². The summed E-state index contributed by atoms with van der Waals surface area (Å²) in [6.45, 7) is 0. The monoisotopic (exact) mass is 306 g/mol. The van der Waals surface area contributed by atoms with Crippen molar-refractivity contribution in [1.82, 2.24) is 14.8 Å². The summed E-state index contributed by atoms with van der Waals surface area (Å²) >= 11 is 6.34. The van der Waals surface area contributed by atoms with Gasteiger partial charge in [-0.1, -0.05) is 17.7 Å². The molecule has 0 aliphatic heterocycles. The predicted octanol–water partition coefficient (Wildman–Crippen LogP) is 3.29. The van der Waals surface area contributed by atoms with Crippen LogP contribution in [-0.2, 0) is 4.74 Å². The predicted molar refractivity (Wildman–Crippen MR) is 83.0 cm³/mol. The Bertz CT molecular complexity index is 587. The molecule has 2 aromatic rings. The minimum absolute atomic E-state index is 0.338. The molecule has 0 bridgehead atoms. The van der Waals surface area contributed by atoms with Crippen LogP contribution in [-0.4, -0.2) is 34.0 Å². The van der Waals surface area contributed by atoms with Crippen LogP contribution in [0.25, 0.3) is 5.69 Å². The molecule has 0 radical (unpaired) electrons. The fourth-order valence-corrected chi connectivity index (χ4v) is 3.16. The Morgan fingerprint density at radius 3 is 3.05 bits per heavy atom. The Hall–Kier alpha value is -1.59. The van der Waals surface area contributed by atoms with Crippen LogP contribution in [0.5, 0.6) is 0 Å². The summed E-state index contributed by atoms with van der Waals surface area (Å²) in [6.07, 6.45) is 7.98. The molecule has 2 unspecified atom stereocenters. The minimum atomic E-state index is 0.338. The maximum Gasteiger partial charge on any atom is 0.138 e. The zero-order valence-electron chi connectivity index (χ0n) is 12.0. The first-order valence-electron chi connectivity index (χ1n) is 7.21. The first-order chi connectivity index (χ1) is 10.3. The molecule has 0 amide bonds. The number of anilines is 1. The van der Waals surface area contributed by atoms with Crippen molar-refractivity contribution in [3.63, 3.8) is 0 Å². The van der Waals surface area contributed by atoms with E-state index in [9.17, 15) is 0 Å². The molecular formula is C15H19ClN4O. The quantitative estimate of drug-likeness (QED) is 0.941. The van der Waals surface area contributed by atoms with Crippen LogP contribution < -0.4 is 5.32 Å². The van der Waals surface area contributed by atoms with E-state index in [-0.39, 0.29) is 0 Å². The molecule has 1 heterocycles. The fraction of sp³-hybridized carbons (Fsp3) is 0.467. The maximum atomic E-state index is 6.34. The molecule has 6 heteroatoms. The summed E-state index contributed by atoms with van der Waals surface area (Å²) in [6, 6.07) is 6.23. The molecule has 3 rings (SSSR count). The van der Waals surface area contributed by atoms with Gasteiger partial charge in [0.1, 0.15) is 18.3 Å². The molecule has 0 spiro atoms. The van der Waals surface area contributed by atoms with E-state index in [1.165, 1.54) is 12.7 Å². The second kappa shape index (κ2) is 6.45. The lowest BCUT2D eigenvalue weighted by atomic mass is 9.92. The minimum Gasteiger partial charge on any atom is -0.381 e. The van der Waals surface area contributed by atoms with E-state index >= 15 is 0 Å². The van der Waals surface area contributed by atoms with Crippen LogP contribution in [0.2, 0.25) is 5.02 Å². The van der Waals surface area contributed by atoms with Gasteiger partial charge in [-0.2, -0.15) is 5.10 Å². The van der Waals surface area contributed by atoms with Gasteiger partial charge < -0.3 is 10.1 Å². The average molecular weight is 307 g/mol. The maximum absolute atomic E-state index is 6.34. The van der Waals surface area contributed by atoms with E-state index in [4.69, 9.17) is 16.3 Å². The van der Waals surface area contributed by atoms with E-state index in [1.54, 1.807) is 18.1 Å². The van der Waals surface area contributed by atoms with Gasteiger partial charge in [-0.25, -0.2) is 9.67 Å². The Labute approximate surface area is 129 Å². The normalized spacial score (nSPS) is 22.2. The van der Waals surface area contributed by atoms with Gasteiger partial charge >= 0.3 is 0 Å². The first-order valence-corrected chi connectivity index (χ1v) is 7.58. The lowest BCUT2D eigenvalue weighted by Crippen LogP contribution is -2.31. The van der Waals surface area contributed by atoms with Gasteiger partial charge in [0.05, 0.1) is 16.8 Å². The van der Waals surface area contributed by atoms with E-state index in [0.717, 1.165) is 30.6 Å². The van der Waals surface area contributed by atoms with Gasteiger partial charge in [-0.15, -0.1) is 0 Å². The number of nitrogens with zero attached hydrogens (tertiary/aromatic N) is 3. The van der Waals surface area contributed by atoms with Gasteiger partial charge in [-0.3, -0.25) is 0 Å². The Balaban J connectivity index is 1.84. The SMILES string of the molecule is COC1CCCC(Nc2cccc(Cl)c2-n2cncn2)C1. The lowest BCUT2D eigenvalue weighted by Gasteiger charge is -2.30. The molecule has 1 aliphatic carbocycles. The number of ether oxygens (including phenoxy) is 1. The molecule has 1 aliphatic rings. The second-order valence-electron chi connectivity index (χ2n) is 5.34. The first kappa shape index (κ1) is 14.4. The van der Waals surface area contributed by atoms with Crippen molar-refractivity contribution < 1.29 is 4.74 Å². The number of nitrogens with one attached hydrogen (secondary N) is 1. The molecule has 0 saturated heterocycles. The van der Waals surface area contributed by atoms with Crippen LogP contribution in [0.4, 0.5) is 5.69 Å². The largest absolute Gasteiger partial charge is 0.381 e. The zero-order chi connectivity index (χ0) is 14.7. The number of halogens is 1. The highest BCUT2D eigenvalue weighted by molar-refractivity contribution is 6.33. The van der Waals surface area contributed by atoms with Crippen molar-refractivity contribution in [2.45, 2.75) is 37.8 Å². The van der Waals surface area contributed by atoms with Gasteiger partial charge in [0.25, 0.3) is 0 Å². The van der Waals surface area contributed by atoms with E-state index in [0.29, 0.717) is 17.2 Å². The molecule has 112 valence electrons. The third kappa shape index (κ3) is 3.19. The van der Waals surface area contributed by atoms with Gasteiger partial charge in [0.2, 0.25) is 0 Å². The summed E-state index contributed by atoms with van der Waals surface area (Å²) in [5.74, 6) is 0. The highest BCUT2D eigenvalue weighted by Gasteiger charge is 2.22. The van der Waals surface area contributed by atoms with E-state index < -0.39 is 0 Å². The molecular weight excluding hydrogens is 288 g/mol. The number of para-hydroxylation sites is 1. The standard InChI is InChI=1S/C15H19ClN4O/c1-21-12-5-2-4-11(8-12)19-14-7-3-6-13(16)15(14)20-10-17-9-18-20/h3,6-7,9-12,19H,2,4-5,8H2,1H3. The van der Waals surface area contributed by atoms with Crippen LogP contribution in [0.3, 0.4) is 0 Å². The number of benzene rings is 1. The van der Waals surface area contributed by atoms with Crippen LogP contribution in [0, 0.1) is 0 Å². The van der Waals surface area contributed by atoms with Crippen molar-refractivity contribution in [2.75, 3.05) is 12.4 Å². The molecule has 1 aromatic carbocycles. The molecule has 21 heavy (non-hydrogen) atoms. The Kier molecular flexibility index (Phi) is 4.41. The Morgan fingerprint density at radius 1 is 1.38 bits per heavy atom. The zero-order valence-corrected chi connectivity index (χ0v) is 12.8. The highest BCUT2D eigenvalue weighted by atomic mass is 35.5. The number of hydrogen-bond acceptors (Lipinski definition) is 4. The number of aromatic nitrogens is 3. The summed E-state index contributed by atoms with van der Waals surface area (Å²) < 4.78 is 7.19. The summed E-state index contributed by atoms with van der Waals surface area (Å²) in [4.78, 5) is 4.00. The molecule has 1 saturated carbocycles. The van der Waals surface area contributed by atoms with Gasteiger partial charge in [-0.05, 0) is 37.8 Å². The van der Waals surface area contributed by atoms with E-state index in [1.807, 2.05) is 18.2 Å². The second-order valence-corrected chi connectivity index (χ2v) is 5.75. The average Bonchev–Trinajstić information content (AvgIpc) is 3.01. The van der Waals surface area contributed by atoms with Crippen molar-refractivity contribution in [3.05, 3.63) is 35.9 Å². The van der Waals surface area contributed by atoms with E-state index in [2.05, 4.69) is 15.4 Å². The van der Waals surface area contributed by atoms with Crippen molar-refractivity contribution >= 4 is 17.3 Å². The van der Waals surface area contributed by atoms with Crippen molar-refractivity contribution in [1.29, 1.82) is 0 Å². The Morgan fingerprint density at radius 2 is 2.29 bits per heavy atom. The fourth-order valence-electron chi connectivity index (χ4n) is 2.90. The molecule has 2 atom stereocenters. The summed E-state index contributed by atoms with van der Waals surface area (Å²) in [5, 5.41) is 8.44. The third-order valence-electron chi connectivity index (χ3n) is 3.95. The summed E-state index contributed by atoms with van der Waals surface area (Å²) in [5.41, 5.74) is 1.82. The van der Waals surface area contributed by atoms with Gasteiger partial charge in [0, 0.05) is 13.2 Å². The smallest absolute Gasteiger partial charge is 0.138 e. The molecule has 1 fully saturated rings. The van der Waals surface area contributed by atoms with Gasteiger partial charge in [0.15, 0.2) is 0 Å². The lowest BCUT2D eigenvalue weighted by molar-refractivity contribution is 0.0669. The molecule has 1 aromatic heterocycles. The molecule has 1 N–H and O–H groups in total. The molecule has 5 nitrogen and oxygen atoms in total. The summed E-state index contributed by atoms with van der Waals surface area (Å²) in [7, 11) is 1.78.